The van der Waals surface area contributed by atoms with E-state index in [4.69, 9.17) is 14.2 Å². The molecule has 2 atom stereocenters. The molecule has 186 valence electrons. The second kappa shape index (κ2) is 10.3. The predicted molar refractivity (Wildman–Crippen MR) is 127 cm³/mol. The summed E-state index contributed by atoms with van der Waals surface area (Å²) in [6.07, 6.45) is 4.44. The largest absolute Gasteiger partial charge is 0.493 e. The Morgan fingerprint density at radius 3 is 2.40 bits per heavy atom. The number of likely N-dealkylation sites (N-methyl/N-ethyl adjacent to an activating group) is 1. The lowest BCUT2D eigenvalue weighted by atomic mass is 9.78. The Labute approximate surface area is 205 Å². The Morgan fingerprint density at radius 1 is 1.11 bits per heavy atom. The molecule has 0 aliphatic carbocycles. The number of pyridine rings is 1. The lowest BCUT2D eigenvalue weighted by Crippen LogP contribution is -2.49. The average Bonchev–Trinajstić information content (AvgIpc) is 2.90. The van der Waals surface area contributed by atoms with Crippen LogP contribution < -0.4 is 9.47 Å². The fraction of sp³-hybridized carbons (Fsp3) is 0.462. The number of hydrogen-bond acceptors (Lipinski definition) is 7. The lowest BCUT2D eigenvalue weighted by molar-refractivity contribution is -0.151. The zero-order valence-electron chi connectivity index (χ0n) is 20.5. The molecule has 1 saturated heterocycles. The van der Waals surface area contributed by atoms with Crippen LogP contribution in [0.25, 0.3) is 0 Å². The molecule has 1 aromatic heterocycles. The summed E-state index contributed by atoms with van der Waals surface area (Å²) in [5.41, 5.74) is 1.77. The number of piperidine rings is 1. The number of hydrogen-bond donors (Lipinski definition) is 0. The molecule has 1 fully saturated rings. The van der Waals surface area contributed by atoms with Crippen molar-refractivity contribution < 1.29 is 28.6 Å². The monoisotopic (exact) mass is 481 g/mol. The highest BCUT2D eigenvalue weighted by atomic mass is 16.5. The van der Waals surface area contributed by atoms with E-state index in [0.717, 1.165) is 5.56 Å². The van der Waals surface area contributed by atoms with Crippen LogP contribution in [0.4, 0.5) is 0 Å². The first-order chi connectivity index (χ1) is 16.9. The van der Waals surface area contributed by atoms with Crippen molar-refractivity contribution in [2.45, 2.75) is 31.7 Å². The van der Waals surface area contributed by atoms with Crippen LogP contribution in [0.5, 0.6) is 11.5 Å². The van der Waals surface area contributed by atoms with Crippen LogP contribution in [0.15, 0.2) is 36.7 Å². The molecule has 2 aromatic rings. The fourth-order valence-corrected chi connectivity index (χ4v) is 5.07. The van der Waals surface area contributed by atoms with Crippen molar-refractivity contribution in [2.75, 3.05) is 41.0 Å². The summed E-state index contributed by atoms with van der Waals surface area (Å²) in [6.45, 7) is 3.02. The summed E-state index contributed by atoms with van der Waals surface area (Å²) < 4.78 is 16.1. The summed E-state index contributed by atoms with van der Waals surface area (Å²) in [5.74, 6) is -0.523. The number of aromatic nitrogens is 1. The van der Waals surface area contributed by atoms with E-state index in [1.54, 1.807) is 54.4 Å². The second-order valence-electron chi connectivity index (χ2n) is 8.77. The number of benzene rings is 1. The van der Waals surface area contributed by atoms with Gasteiger partial charge < -0.3 is 24.0 Å². The molecule has 9 nitrogen and oxygen atoms in total. The van der Waals surface area contributed by atoms with E-state index in [1.807, 2.05) is 6.07 Å². The summed E-state index contributed by atoms with van der Waals surface area (Å²) >= 11 is 0. The highest BCUT2D eigenvalue weighted by Crippen LogP contribution is 2.46. The number of likely N-dealkylation sites (tertiary alicyclic amines) is 1. The van der Waals surface area contributed by atoms with Gasteiger partial charge in [-0.3, -0.25) is 19.4 Å². The van der Waals surface area contributed by atoms with Gasteiger partial charge in [0.25, 0.3) is 5.91 Å². The minimum absolute atomic E-state index is 0.103. The van der Waals surface area contributed by atoms with Gasteiger partial charge in [0.05, 0.1) is 38.7 Å². The van der Waals surface area contributed by atoms with Gasteiger partial charge in [0.15, 0.2) is 11.5 Å². The zero-order chi connectivity index (χ0) is 25.1. The van der Waals surface area contributed by atoms with Gasteiger partial charge in [0, 0.05) is 38.1 Å². The molecule has 9 heteroatoms. The Balaban J connectivity index is 1.74. The molecular formula is C26H31N3O6. The van der Waals surface area contributed by atoms with Gasteiger partial charge >= 0.3 is 5.97 Å². The minimum atomic E-state index is -0.671. The third-order valence-electron chi connectivity index (χ3n) is 6.89. The van der Waals surface area contributed by atoms with Crippen LogP contribution in [0.2, 0.25) is 0 Å². The van der Waals surface area contributed by atoms with E-state index in [2.05, 4.69) is 4.98 Å². The van der Waals surface area contributed by atoms with E-state index in [0.29, 0.717) is 55.2 Å². The van der Waals surface area contributed by atoms with E-state index in [1.165, 1.54) is 14.2 Å². The Morgan fingerprint density at radius 2 is 1.80 bits per heavy atom. The molecule has 35 heavy (non-hydrogen) atoms. The number of esters is 1. The van der Waals surface area contributed by atoms with Crippen molar-refractivity contribution in [1.82, 2.24) is 14.8 Å². The van der Waals surface area contributed by atoms with E-state index in [-0.39, 0.29) is 23.7 Å². The van der Waals surface area contributed by atoms with E-state index >= 15 is 0 Å². The van der Waals surface area contributed by atoms with Crippen molar-refractivity contribution in [3.05, 3.63) is 53.3 Å². The van der Waals surface area contributed by atoms with Crippen molar-refractivity contribution in [3.8, 4) is 11.5 Å². The molecule has 0 N–H and O–H groups in total. The molecule has 2 aliphatic heterocycles. The van der Waals surface area contributed by atoms with Gasteiger partial charge in [0.2, 0.25) is 5.91 Å². The normalized spacial score (nSPS) is 20.3. The molecule has 0 unspecified atom stereocenters. The fourth-order valence-electron chi connectivity index (χ4n) is 5.07. The van der Waals surface area contributed by atoms with Crippen LogP contribution in [-0.4, -0.2) is 73.5 Å². The van der Waals surface area contributed by atoms with Crippen LogP contribution in [0.3, 0.4) is 0 Å². The Bertz CT molecular complexity index is 1100. The molecular weight excluding hydrogens is 450 g/mol. The number of rotatable bonds is 6. The molecule has 2 amide bonds. The third kappa shape index (κ3) is 4.54. The van der Waals surface area contributed by atoms with E-state index in [9.17, 15) is 14.4 Å². The van der Waals surface area contributed by atoms with Crippen LogP contribution in [0.1, 0.15) is 53.2 Å². The van der Waals surface area contributed by atoms with Crippen LogP contribution >= 0.6 is 0 Å². The topological polar surface area (TPSA) is 98.3 Å². The SMILES string of the molecule is CCOC(=O)C1CCN(C(=O)[C@@H]2c3cc(OC)c(OC)cc3C(=O)N(C)[C@@H]2c2cccnc2)CC1. The molecule has 0 spiro atoms. The molecule has 0 radical (unpaired) electrons. The number of ether oxygens (including phenoxy) is 3. The summed E-state index contributed by atoms with van der Waals surface area (Å²) in [7, 11) is 4.74. The number of carbonyl (C=O) groups is 3. The first kappa shape index (κ1) is 24.5. The molecule has 0 bridgehead atoms. The lowest BCUT2D eigenvalue weighted by Gasteiger charge is -2.42. The molecule has 0 saturated carbocycles. The van der Waals surface area contributed by atoms with Gasteiger partial charge in [-0.05, 0) is 49.1 Å². The van der Waals surface area contributed by atoms with Crippen LogP contribution in [-0.2, 0) is 14.3 Å². The number of methoxy groups -OCH3 is 2. The van der Waals surface area contributed by atoms with Crippen molar-refractivity contribution in [3.63, 3.8) is 0 Å². The minimum Gasteiger partial charge on any atom is -0.493 e. The molecule has 3 heterocycles. The van der Waals surface area contributed by atoms with E-state index < -0.39 is 12.0 Å². The third-order valence-corrected chi connectivity index (χ3v) is 6.89. The first-order valence-corrected chi connectivity index (χ1v) is 11.8. The quantitative estimate of drug-likeness (QED) is 0.585. The van der Waals surface area contributed by atoms with Gasteiger partial charge in [-0.15, -0.1) is 0 Å². The molecule has 4 rings (SSSR count). The number of fused-ring (bicyclic) bond motifs is 1. The first-order valence-electron chi connectivity index (χ1n) is 11.8. The van der Waals surface area contributed by atoms with Crippen LogP contribution in [0, 0.1) is 5.92 Å². The van der Waals surface area contributed by atoms with Crippen molar-refractivity contribution in [1.29, 1.82) is 0 Å². The Kier molecular flexibility index (Phi) is 7.23. The molecule has 2 aliphatic rings. The highest BCUT2D eigenvalue weighted by molar-refractivity contribution is 6.02. The predicted octanol–water partition coefficient (Wildman–Crippen LogP) is 2.81. The molecule has 1 aromatic carbocycles. The van der Waals surface area contributed by atoms with Crippen molar-refractivity contribution in [2.24, 2.45) is 5.92 Å². The maximum absolute atomic E-state index is 14.1. The maximum atomic E-state index is 14.1. The Hall–Kier alpha value is -3.62. The maximum Gasteiger partial charge on any atom is 0.309 e. The summed E-state index contributed by atoms with van der Waals surface area (Å²) in [5, 5.41) is 0. The summed E-state index contributed by atoms with van der Waals surface area (Å²) in [6, 6.07) is 6.50. The number of carbonyl (C=O) groups excluding carboxylic acids is 3. The standard InChI is InChI=1S/C26H31N3O6/c1-5-35-26(32)16-8-11-29(12-9-16)25(31)22-18-13-20(33-3)21(34-4)14-19(18)24(30)28(2)23(22)17-7-6-10-27-15-17/h6-7,10,13-16,22-23H,5,8-9,11-12H2,1-4H3/t22-,23-/m1/s1. The second-order valence-corrected chi connectivity index (χ2v) is 8.77. The smallest absolute Gasteiger partial charge is 0.309 e. The summed E-state index contributed by atoms with van der Waals surface area (Å²) in [4.78, 5) is 47.3. The van der Waals surface area contributed by atoms with Gasteiger partial charge in [0.1, 0.15) is 0 Å². The van der Waals surface area contributed by atoms with Crippen molar-refractivity contribution >= 4 is 17.8 Å². The van der Waals surface area contributed by atoms with Gasteiger partial charge in [-0.25, -0.2) is 0 Å². The van der Waals surface area contributed by atoms with Gasteiger partial charge in [-0.2, -0.15) is 0 Å². The zero-order valence-corrected chi connectivity index (χ0v) is 20.5. The average molecular weight is 482 g/mol. The number of nitrogens with zero attached hydrogens (tertiary/aromatic N) is 3. The number of amides is 2. The van der Waals surface area contributed by atoms with Gasteiger partial charge in [-0.1, -0.05) is 6.07 Å². The highest BCUT2D eigenvalue weighted by Gasteiger charge is 2.45.